The summed E-state index contributed by atoms with van der Waals surface area (Å²) in [5.41, 5.74) is 6.28. The normalized spacial score (nSPS) is 10.4. The van der Waals surface area contributed by atoms with Gasteiger partial charge in [0, 0.05) is 17.1 Å². The first kappa shape index (κ1) is 15.9. The molecule has 0 radical (unpaired) electrons. The van der Waals surface area contributed by atoms with E-state index in [1.54, 1.807) is 40.5 Å². The minimum atomic E-state index is -0.0288. The van der Waals surface area contributed by atoms with Crippen LogP contribution in [0.3, 0.4) is 0 Å². The van der Waals surface area contributed by atoms with Crippen molar-refractivity contribution in [3.05, 3.63) is 45.1 Å². The van der Waals surface area contributed by atoms with E-state index in [0.29, 0.717) is 24.5 Å². The fourth-order valence-corrected chi connectivity index (χ4v) is 3.30. The summed E-state index contributed by atoms with van der Waals surface area (Å²) < 4.78 is 6.56. The number of carbonyl (C=O) groups is 1. The summed E-state index contributed by atoms with van der Waals surface area (Å²) in [5.74, 6) is 0.617. The smallest absolute Gasteiger partial charge is 0.260 e. The highest BCUT2D eigenvalue weighted by molar-refractivity contribution is 9.11. The Balaban J connectivity index is 1.89. The number of rotatable bonds is 6. The van der Waals surface area contributed by atoms with Crippen LogP contribution in [-0.4, -0.2) is 24.0 Å². The molecule has 0 saturated heterocycles. The van der Waals surface area contributed by atoms with E-state index >= 15 is 0 Å². The summed E-state index contributed by atoms with van der Waals surface area (Å²) in [7, 11) is 0. The number of amides is 1. The third-order valence-corrected chi connectivity index (χ3v) is 4.56. The molecule has 0 atom stereocenters. The Labute approximate surface area is 136 Å². The van der Waals surface area contributed by atoms with Crippen LogP contribution >= 0.6 is 27.3 Å². The maximum Gasteiger partial charge on any atom is 0.260 e. The lowest BCUT2D eigenvalue weighted by Crippen LogP contribution is -2.34. The zero-order chi connectivity index (χ0) is 15.2. The van der Waals surface area contributed by atoms with Crippen molar-refractivity contribution in [2.75, 3.05) is 18.9 Å². The molecule has 6 heteroatoms. The predicted octanol–water partition coefficient (Wildman–Crippen LogP) is 3.52. The Kier molecular flexibility index (Phi) is 5.64. The molecule has 1 aromatic carbocycles. The summed E-state index contributed by atoms with van der Waals surface area (Å²) in [4.78, 5) is 15.1. The van der Waals surface area contributed by atoms with E-state index in [2.05, 4.69) is 15.9 Å². The first-order chi connectivity index (χ1) is 10.1. The van der Waals surface area contributed by atoms with Crippen LogP contribution in [0.15, 0.2) is 40.2 Å². The van der Waals surface area contributed by atoms with Crippen molar-refractivity contribution in [2.45, 2.75) is 13.5 Å². The second kappa shape index (κ2) is 7.47. The summed E-state index contributed by atoms with van der Waals surface area (Å²) in [5, 5.41) is 0. The molecule has 0 spiro atoms. The average molecular weight is 369 g/mol. The van der Waals surface area contributed by atoms with Gasteiger partial charge in [-0.1, -0.05) is 0 Å². The van der Waals surface area contributed by atoms with Gasteiger partial charge in [0.05, 0.1) is 10.3 Å². The Morgan fingerprint density at radius 2 is 2.00 bits per heavy atom. The lowest BCUT2D eigenvalue weighted by atomic mass is 10.3. The fraction of sp³-hybridized carbons (Fsp3) is 0.267. The van der Waals surface area contributed by atoms with Crippen molar-refractivity contribution in [3.63, 3.8) is 0 Å². The monoisotopic (exact) mass is 368 g/mol. The molecule has 0 aliphatic carbocycles. The number of nitrogen functional groups attached to an aromatic ring is 1. The maximum atomic E-state index is 12.2. The van der Waals surface area contributed by atoms with E-state index in [1.165, 1.54) is 0 Å². The van der Waals surface area contributed by atoms with E-state index in [-0.39, 0.29) is 12.5 Å². The van der Waals surface area contributed by atoms with Crippen molar-refractivity contribution >= 4 is 38.9 Å². The molecule has 112 valence electrons. The zero-order valence-corrected chi connectivity index (χ0v) is 14.1. The molecule has 0 saturated carbocycles. The van der Waals surface area contributed by atoms with Gasteiger partial charge in [-0.05, 0) is 59.3 Å². The first-order valence-electron chi connectivity index (χ1n) is 6.59. The Bertz CT molecular complexity index is 598. The number of hydrogen-bond acceptors (Lipinski definition) is 4. The molecule has 2 N–H and O–H groups in total. The lowest BCUT2D eigenvalue weighted by Gasteiger charge is -2.20. The summed E-state index contributed by atoms with van der Waals surface area (Å²) in [6.07, 6.45) is 0. The van der Waals surface area contributed by atoms with Gasteiger partial charge in [0.1, 0.15) is 5.75 Å². The minimum absolute atomic E-state index is 0.0288. The van der Waals surface area contributed by atoms with Crippen LogP contribution in [0.1, 0.15) is 11.8 Å². The van der Waals surface area contributed by atoms with E-state index in [4.69, 9.17) is 10.5 Å². The fourth-order valence-electron chi connectivity index (χ4n) is 1.80. The molecular formula is C15H17BrN2O2S. The van der Waals surface area contributed by atoms with Gasteiger partial charge in [-0.3, -0.25) is 4.79 Å². The molecule has 0 aliphatic rings. The molecule has 1 aromatic heterocycles. The third-order valence-electron chi connectivity index (χ3n) is 2.95. The van der Waals surface area contributed by atoms with Gasteiger partial charge < -0.3 is 15.4 Å². The van der Waals surface area contributed by atoms with Crippen molar-refractivity contribution < 1.29 is 9.53 Å². The molecule has 0 fully saturated rings. The van der Waals surface area contributed by atoms with E-state index < -0.39 is 0 Å². The highest BCUT2D eigenvalue weighted by Crippen LogP contribution is 2.23. The number of thiophene rings is 1. The molecule has 0 unspecified atom stereocenters. The number of nitrogens with zero attached hydrogens (tertiary/aromatic N) is 1. The number of benzene rings is 1. The molecule has 4 nitrogen and oxygen atoms in total. The van der Waals surface area contributed by atoms with E-state index in [9.17, 15) is 4.79 Å². The number of hydrogen-bond donors (Lipinski definition) is 1. The zero-order valence-electron chi connectivity index (χ0n) is 11.7. The summed E-state index contributed by atoms with van der Waals surface area (Å²) >= 11 is 5.06. The number of ether oxygens (including phenoxy) is 1. The maximum absolute atomic E-state index is 12.2. The summed E-state index contributed by atoms with van der Waals surface area (Å²) in [6, 6.07) is 11.0. The molecular weight excluding hydrogens is 352 g/mol. The van der Waals surface area contributed by atoms with Gasteiger partial charge in [-0.25, -0.2) is 0 Å². The van der Waals surface area contributed by atoms with Gasteiger partial charge in [0.15, 0.2) is 6.61 Å². The second-order valence-electron chi connectivity index (χ2n) is 4.47. The Morgan fingerprint density at radius 1 is 1.29 bits per heavy atom. The largest absolute Gasteiger partial charge is 0.484 e. The van der Waals surface area contributed by atoms with Gasteiger partial charge in [0.2, 0.25) is 0 Å². The molecule has 21 heavy (non-hydrogen) atoms. The van der Waals surface area contributed by atoms with Crippen LogP contribution in [0, 0.1) is 0 Å². The van der Waals surface area contributed by atoms with E-state index in [0.717, 1.165) is 8.66 Å². The Morgan fingerprint density at radius 3 is 2.57 bits per heavy atom. The van der Waals surface area contributed by atoms with Gasteiger partial charge in [-0.15, -0.1) is 11.3 Å². The quantitative estimate of drug-likeness (QED) is 0.793. The highest BCUT2D eigenvalue weighted by atomic mass is 79.9. The molecule has 2 rings (SSSR count). The van der Waals surface area contributed by atoms with Crippen LogP contribution in [0.25, 0.3) is 0 Å². The number of nitrogens with two attached hydrogens (primary N) is 1. The molecule has 1 heterocycles. The number of carbonyl (C=O) groups excluding carboxylic acids is 1. The van der Waals surface area contributed by atoms with Crippen LogP contribution in [0.5, 0.6) is 5.75 Å². The van der Waals surface area contributed by atoms with Crippen molar-refractivity contribution in [2.24, 2.45) is 0 Å². The first-order valence-corrected chi connectivity index (χ1v) is 8.19. The molecule has 0 aliphatic heterocycles. The topological polar surface area (TPSA) is 55.6 Å². The van der Waals surface area contributed by atoms with Crippen LogP contribution in [0.4, 0.5) is 5.69 Å². The lowest BCUT2D eigenvalue weighted by molar-refractivity contribution is -0.133. The van der Waals surface area contributed by atoms with Gasteiger partial charge in [0.25, 0.3) is 5.91 Å². The highest BCUT2D eigenvalue weighted by Gasteiger charge is 2.14. The predicted molar refractivity (Wildman–Crippen MR) is 89.5 cm³/mol. The van der Waals surface area contributed by atoms with Gasteiger partial charge >= 0.3 is 0 Å². The van der Waals surface area contributed by atoms with Crippen molar-refractivity contribution in [1.82, 2.24) is 4.90 Å². The van der Waals surface area contributed by atoms with Crippen molar-refractivity contribution in [1.29, 1.82) is 0 Å². The minimum Gasteiger partial charge on any atom is -0.484 e. The van der Waals surface area contributed by atoms with E-state index in [1.807, 2.05) is 19.1 Å². The van der Waals surface area contributed by atoms with Crippen LogP contribution in [-0.2, 0) is 11.3 Å². The third kappa shape index (κ3) is 4.75. The average Bonchev–Trinajstić information content (AvgIpc) is 2.89. The second-order valence-corrected chi connectivity index (χ2v) is 7.02. The Hall–Kier alpha value is -1.53. The number of likely N-dealkylation sites (N-methyl/N-ethyl adjacent to an activating group) is 1. The number of anilines is 1. The summed E-state index contributed by atoms with van der Waals surface area (Å²) in [6.45, 7) is 3.25. The number of halogens is 1. The molecule has 2 aromatic rings. The van der Waals surface area contributed by atoms with Gasteiger partial charge in [-0.2, -0.15) is 0 Å². The SMILES string of the molecule is CCN(Cc1ccc(Br)s1)C(=O)COc1ccc(N)cc1. The molecule has 1 amide bonds. The molecule has 0 bridgehead atoms. The standard InChI is InChI=1S/C15H17BrN2O2S/c1-2-18(9-13-7-8-14(16)21-13)15(19)10-20-12-5-3-11(17)4-6-12/h3-8H,2,9-10,17H2,1H3. The van der Waals surface area contributed by atoms with Crippen LogP contribution in [0.2, 0.25) is 0 Å². The van der Waals surface area contributed by atoms with Crippen molar-refractivity contribution in [3.8, 4) is 5.75 Å². The van der Waals surface area contributed by atoms with Crippen LogP contribution < -0.4 is 10.5 Å².